The monoisotopic (exact) mass is 122 g/mol. The van der Waals surface area contributed by atoms with Crippen molar-refractivity contribution in [3.63, 3.8) is 0 Å². The topological polar surface area (TPSA) is 24.7 Å². The van der Waals surface area contributed by atoms with Crippen LogP contribution in [-0.4, -0.2) is 19.1 Å². The van der Waals surface area contributed by atoms with Crippen LogP contribution in [0, 0.1) is 0 Å². The summed E-state index contributed by atoms with van der Waals surface area (Å²) in [6, 6.07) is 0. The molecule has 0 bridgehead atoms. The Morgan fingerprint density at radius 2 is 2.33 bits per heavy atom. The van der Waals surface area contributed by atoms with Gasteiger partial charge in [-0.3, -0.25) is 4.99 Å². The highest BCUT2D eigenvalue weighted by Gasteiger charge is 1.95. The lowest BCUT2D eigenvalue weighted by Crippen LogP contribution is -1.97. The lowest BCUT2D eigenvalue weighted by molar-refractivity contribution is 1.15. The van der Waals surface area contributed by atoms with Crippen molar-refractivity contribution in [1.82, 2.24) is 0 Å². The standard InChI is InChI=1S/C7H10N2/c1-6(2)7-3-8-5-9-4-7/h3,5H,4H2,1-2H3. The highest BCUT2D eigenvalue weighted by Crippen LogP contribution is 2.02. The Morgan fingerprint density at radius 3 is 2.67 bits per heavy atom. The molecule has 0 aromatic rings. The fraction of sp³-hybridized carbons (Fsp3) is 0.429. The van der Waals surface area contributed by atoms with Crippen molar-refractivity contribution >= 4 is 12.6 Å². The van der Waals surface area contributed by atoms with Gasteiger partial charge in [-0.25, -0.2) is 4.99 Å². The van der Waals surface area contributed by atoms with E-state index < -0.39 is 0 Å². The molecule has 0 saturated carbocycles. The van der Waals surface area contributed by atoms with Crippen molar-refractivity contribution in [2.45, 2.75) is 13.8 Å². The van der Waals surface area contributed by atoms with Crippen LogP contribution in [0.4, 0.5) is 0 Å². The molecular weight excluding hydrogens is 112 g/mol. The quantitative estimate of drug-likeness (QED) is 0.464. The van der Waals surface area contributed by atoms with Crippen LogP contribution in [0.1, 0.15) is 13.8 Å². The molecule has 9 heavy (non-hydrogen) atoms. The zero-order valence-corrected chi connectivity index (χ0v) is 5.76. The Kier molecular flexibility index (Phi) is 1.78. The summed E-state index contributed by atoms with van der Waals surface area (Å²) in [5.41, 5.74) is 2.54. The predicted octanol–water partition coefficient (Wildman–Crippen LogP) is 1.44. The molecule has 0 spiro atoms. The van der Waals surface area contributed by atoms with Gasteiger partial charge in [-0.15, -0.1) is 0 Å². The maximum absolute atomic E-state index is 4.00. The van der Waals surface area contributed by atoms with E-state index in [0.717, 1.165) is 6.54 Å². The number of aliphatic imine (C=N–C) groups is 2. The van der Waals surface area contributed by atoms with E-state index in [4.69, 9.17) is 0 Å². The molecule has 0 amide bonds. The first-order valence-corrected chi connectivity index (χ1v) is 2.98. The molecule has 0 aliphatic carbocycles. The summed E-state index contributed by atoms with van der Waals surface area (Å²) in [6.45, 7) is 4.94. The fourth-order valence-electron chi connectivity index (χ4n) is 0.638. The molecular formula is C7H10N2. The fourth-order valence-corrected chi connectivity index (χ4v) is 0.638. The molecule has 2 nitrogen and oxygen atoms in total. The number of nitrogens with zero attached hydrogens (tertiary/aromatic N) is 2. The van der Waals surface area contributed by atoms with Gasteiger partial charge in [-0.05, 0) is 19.4 Å². The summed E-state index contributed by atoms with van der Waals surface area (Å²) < 4.78 is 0. The lowest BCUT2D eigenvalue weighted by atomic mass is 10.1. The van der Waals surface area contributed by atoms with Gasteiger partial charge in [0.1, 0.15) is 6.34 Å². The number of allylic oxidation sites excluding steroid dienone is 1. The molecule has 1 rings (SSSR count). The van der Waals surface area contributed by atoms with Gasteiger partial charge in [0, 0.05) is 6.21 Å². The van der Waals surface area contributed by atoms with Crippen molar-refractivity contribution in [2.24, 2.45) is 9.98 Å². The minimum atomic E-state index is 0.797. The maximum atomic E-state index is 4.00. The zero-order valence-electron chi connectivity index (χ0n) is 5.76. The van der Waals surface area contributed by atoms with Crippen LogP contribution in [0.2, 0.25) is 0 Å². The SMILES string of the molecule is CC(C)=C1C=NC=NC1. The van der Waals surface area contributed by atoms with Crippen LogP contribution in [0.25, 0.3) is 0 Å². The van der Waals surface area contributed by atoms with E-state index in [1.165, 1.54) is 11.1 Å². The average molecular weight is 122 g/mol. The smallest absolute Gasteiger partial charge is 0.110 e. The molecule has 0 unspecified atom stereocenters. The van der Waals surface area contributed by atoms with E-state index in [2.05, 4.69) is 23.8 Å². The van der Waals surface area contributed by atoms with Crippen molar-refractivity contribution in [2.75, 3.05) is 6.54 Å². The van der Waals surface area contributed by atoms with Gasteiger partial charge in [-0.2, -0.15) is 0 Å². The zero-order chi connectivity index (χ0) is 6.69. The Labute approximate surface area is 55.0 Å². The first-order valence-electron chi connectivity index (χ1n) is 2.98. The minimum absolute atomic E-state index is 0.797. The van der Waals surface area contributed by atoms with Crippen LogP contribution in [-0.2, 0) is 0 Å². The second kappa shape index (κ2) is 2.58. The van der Waals surface area contributed by atoms with Crippen LogP contribution < -0.4 is 0 Å². The molecule has 0 atom stereocenters. The molecule has 2 heteroatoms. The summed E-state index contributed by atoms with van der Waals surface area (Å²) in [7, 11) is 0. The first kappa shape index (κ1) is 6.20. The molecule has 48 valence electrons. The van der Waals surface area contributed by atoms with Gasteiger partial charge in [0.15, 0.2) is 0 Å². The summed E-state index contributed by atoms with van der Waals surface area (Å²) in [6.07, 6.45) is 3.45. The Bertz CT molecular complexity index is 183. The molecule has 1 aliphatic rings. The maximum Gasteiger partial charge on any atom is 0.110 e. The third-order valence-electron chi connectivity index (χ3n) is 1.28. The van der Waals surface area contributed by atoms with Crippen LogP contribution in [0.5, 0.6) is 0 Å². The van der Waals surface area contributed by atoms with Crippen molar-refractivity contribution in [3.05, 3.63) is 11.1 Å². The van der Waals surface area contributed by atoms with Gasteiger partial charge in [0.25, 0.3) is 0 Å². The third-order valence-corrected chi connectivity index (χ3v) is 1.28. The largest absolute Gasteiger partial charge is 0.269 e. The normalized spacial score (nSPS) is 16.4. The predicted molar refractivity (Wildman–Crippen MR) is 40.2 cm³/mol. The lowest BCUT2D eigenvalue weighted by Gasteiger charge is -2.01. The minimum Gasteiger partial charge on any atom is -0.269 e. The van der Waals surface area contributed by atoms with E-state index in [1.807, 2.05) is 6.21 Å². The van der Waals surface area contributed by atoms with E-state index in [-0.39, 0.29) is 0 Å². The van der Waals surface area contributed by atoms with E-state index in [9.17, 15) is 0 Å². The summed E-state index contributed by atoms with van der Waals surface area (Å²) in [5.74, 6) is 0. The van der Waals surface area contributed by atoms with Crippen molar-refractivity contribution in [1.29, 1.82) is 0 Å². The second-order valence-electron chi connectivity index (χ2n) is 2.26. The summed E-state index contributed by atoms with van der Waals surface area (Å²) in [4.78, 5) is 7.90. The molecule has 0 aromatic carbocycles. The number of rotatable bonds is 0. The van der Waals surface area contributed by atoms with Crippen molar-refractivity contribution in [3.8, 4) is 0 Å². The average Bonchev–Trinajstić information content (AvgIpc) is 1.90. The summed E-state index contributed by atoms with van der Waals surface area (Å²) >= 11 is 0. The second-order valence-corrected chi connectivity index (χ2v) is 2.26. The van der Waals surface area contributed by atoms with E-state index in [0.29, 0.717) is 0 Å². The number of hydrogen-bond donors (Lipinski definition) is 0. The molecule has 1 aliphatic heterocycles. The highest BCUT2D eigenvalue weighted by molar-refractivity contribution is 5.88. The molecule has 1 heterocycles. The molecule has 0 fully saturated rings. The molecule has 0 radical (unpaired) electrons. The van der Waals surface area contributed by atoms with Crippen LogP contribution >= 0.6 is 0 Å². The Hall–Kier alpha value is -0.920. The number of hydrogen-bond acceptors (Lipinski definition) is 2. The molecule has 0 saturated heterocycles. The van der Waals surface area contributed by atoms with E-state index in [1.54, 1.807) is 6.34 Å². The first-order chi connectivity index (χ1) is 4.30. The van der Waals surface area contributed by atoms with Gasteiger partial charge in [0.2, 0.25) is 0 Å². The molecule has 0 aromatic heterocycles. The van der Waals surface area contributed by atoms with Gasteiger partial charge in [0.05, 0.1) is 6.54 Å². The Morgan fingerprint density at radius 1 is 1.56 bits per heavy atom. The Balaban J connectivity index is 2.78. The van der Waals surface area contributed by atoms with Crippen molar-refractivity contribution < 1.29 is 0 Å². The van der Waals surface area contributed by atoms with Gasteiger partial charge >= 0.3 is 0 Å². The van der Waals surface area contributed by atoms with Gasteiger partial charge in [-0.1, -0.05) is 5.57 Å². The van der Waals surface area contributed by atoms with Gasteiger partial charge < -0.3 is 0 Å². The van der Waals surface area contributed by atoms with Crippen LogP contribution in [0.3, 0.4) is 0 Å². The van der Waals surface area contributed by atoms with Crippen LogP contribution in [0.15, 0.2) is 21.1 Å². The molecule has 0 N–H and O–H groups in total. The highest BCUT2D eigenvalue weighted by atomic mass is 14.9. The van der Waals surface area contributed by atoms with E-state index >= 15 is 0 Å². The third kappa shape index (κ3) is 1.49. The summed E-state index contributed by atoms with van der Waals surface area (Å²) in [5, 5.41) is 0.